The van der Waals surface area contributed by atoms with Crippen LogP contribution in [0.15, 0.2) is 0 Å². The van der Waals surface area contributed by atoms with Gasteiger partial charge in [0.1, 0.15) is 0 Å². The molecule has 0 bridgehead atoms. The molecular formula is C9H21N3. The molecule has 12 heavy (non-hydrogen) atoms. The first-order valence-corrected chi connectivity index (χ1v) is 4.94. The lowest BCUT2D eigenvalue weighted by Crippen LogP contribution is -2.29. The highest BCUT2D eigenvalue weighted by molar-refractivity contribution is 4.75. The Bertz CT molecular complexity index is 116. The van der Waals surface area contributed by atoms with Crippen LogP contribution in [0.4, 0.5) is 0 Å². The second-order valence-electron chi connectivity index (χ2n) is 3.64. The largest absolute Gasteiger partial charge is 0.330 e. The minimum absolute atomic E-state index is 0.852. The topological polar surface area (TPSA) is 41.3 Å². The molecule has 1 unspecified atom stereocenters. The number of likely N-dealkylation sites (N-methyl/N-ethyl adjacent to an activating group) is 1. The van der Waals surface area contributed by atoms with E-state index in [2.05, 4.69) is 10.2 Å². The molecule has 0 spiro atoms. The fourth-order valence-corrected chi connectivity index (χ4v) is 1.86. The van der Waals surface area contributed by atoms with Crippen LogP contribution in [0.3, 0.4) is 0 Å². The van der Waals surface area contributed by atoms with E-state index >= 15 is 0 Å². The first-order chi connectivity index (χ1) is 5.86. The van der Waals surface area contributed by atoms with E-state index in [0.29, 0.717) is 0 Å². The van der Waals surface area contributed by atoms with Crippen molar-refractivity contribution in [1.29, 1.82) is 0 Å². The molecule has 0 aromatic heterocycles. The molecule has 0 radical (unpaired) electrons. The normalized spacial score (nSPS) is 25.0. The van der Waals surface area contributed by atoms with Gasteiger partial charge in [-0.15, -0.1) is 0 Å². The molecule has 0 aromatic carbocycles. The predicted molar refractivity (Wildman–Crippen MR) is 52.1 cm³/mol. The van der Waals surface area contributed by atoms with Gasteiger partial charge in [0, 0.05) is 19.6 Å². The zero-order valence-electron chi connectivity index (χ0n) is 8.05. The molecule has 3 N–H and O–H groups in total. The Labute approximate surface area is 75.3 Å². The standard InChI is InChI=1S/C9H21N3/c1-11-5-7-12-6-3-9(8-12)2-4-10/h9,11H,2-8,10H2,1H3. The van der Waals surface area contributed by atoms with Crippen molar-refractivity contribution >= 4 is 0 Å². The van der Waals surface area contributed by atoms with Crippen LogP contribution in [0.1, 0.15) is 12.8 Å². The van der Waals surface area contributed by atoms with Gasteiger partial charge < -0.3 is 16.0 Å². The minimum atomic E-state index is 0.852. The predicted octanol–water partition coefficient (Wildman–Crippen LogP) is -0.123. The minimum Gasteiger partial charge on any atom is -0.330 e. The van der Waals surface area contributed by atoms with Crippen molar-refractivity contribution in [2.45, 2.75) is 12.8 Å². The van der Waals surface area contributed by atoms with Crippen molar-refractivity contribution in [2.75, 3.05) is 39.8 Å². The summed E-state index contributed by atoms with van der Waals surface area (Å²) >= 11 is 0. The Morgan fingerprint density at radius 1 is 1.58 bits per heavy atom. The molecule has 1 rings (SSSR count). The van der Waals surface area contributed by atoms with Gasteiger partial charge in [0.05, 0.1) is 0 Å². The first-order valence-electron chi connectivity index (χ1n) is 4.94. The summed E-state index contributed by atoms with van der Waals surface area (Å²) in [5, 5.41) is 3.18. The van der Waals surface area contributed by atoms with Crippen LogP contribution < -0.4 is 11.1 Å². The summed E-state index contributed by atoms with van der Waals surface area (Å²) in [6.07, 6.45) is 2.55. The molecule has 1 aliphatic rings. The molecule has 0 saturated carbocycles. The molecule has 3 heteroatoms. The van der Waals surface area contributed by atoms with E-state index in [0.717, 1.165) is 19.0 Å². The van der Waals surface area contributed by atoms with Crippen molar-refractivity contribution < 1.29 is 0 Å². The van der Waals surface area contributed by atoms with Crippen LogP contribution in [0.25, 0.3) is 0 Å². The van der Waals surface area contributed by atoms with Crippen LogP contribution >= 0.6 is 0 Å². The molecule has 1 heterocycles. The van der Waals surface area contributed by atoms with E-state index in [4.69, 9.17) is 5.73 Å². The average molecular weight is 171 g/mol. The highest BCUT2D eigenvalue weighted by Gasteiger charge is 2.20. The van der Waals surface area contributed by atoms with Crippen molar-refractivity contribution in [3.63, 3.8) is 0 Å². The Morgan fingerprint density at radius 2 is 2.42 bits per heavy atom. The van der Waals surface area contributed by atoms with Gasteiger partial charge in [0.15, 0.2) is 0 Å². The maximum atomic E-state index is 5.52. The molecule has 3 nitrogen and oxygen atoms in total. The lowest BCUT2D eigenvalue weighted by Gasteiger charge is -2.14. The summed E-state index contributed by atoms with van der Waals surface area (Å²) in [6, 6.07) is 0. The van der Waals surface area contributed by atoms with E-state index in [1.165, 1.54) is 32.5 Å². The SMILES string of the molecule is CNCCN1CCC(CCN)C1. The van der Waals surface area contributed by atoms with Crippen LogP contribution in [0.2, 0.25) is 0 Å². The summed E-state index contributed by atoms with van der Waals surface area (Å²) in [6.45, 7) is 5.68. The number of likely N-dealkylation sites (tertiary alicyclic amines) is 1. The summed E-state index contributed by atoms with van der Waals surface area (Å²) < 4.78 is 0. The highest BCUT2D eigenvalue weighted by Crippen LogP contribution is 2.17. The van der Waals surface area contributed by atoms with Crippen molar-refractivity contribution in [3.05, 3.63) is 0 Å². The third-order valence-electron chi connectivity index (χ3n) is 2.62. The van der Waals surface area contributed by atoms with Gasteiger partial charge in [0.2, 0.25) is 0 Å². The summed E-state index contributed by atoms with van der Waals surface area (Å²) in [7, 11) is 2.01. The summed E-state index contributed by atoms with van der Waals surface area (Å²) in [4.78, 5) is 2.52. The lowest BCUT2D eigenvalue weighted by atomic mass is 10.1. The average Bonchev–Trinajstić information content (AvgIpc) is 2.50. The summed E-state index contributed by atoms with van der Waals surface area (Å²) in [5.41, 5.74) is 5.52. The number of nitrogens with two attached hydrogens (primary N) is 1. The van der Waals surface area contributed by atoms with Gasteiger partial charge in [-0.05, 0) is 38.9 Å². The van der Waals surface area contributed by atoms with E-state index in [1.54, 1.807) is 0 Å². The quantitative estimate of drug-likeness (QED) is 0.606. The Kier molecular flexibility index (Phi) is 4.58. The number of nitrogens with one attached hydrogen (secondary N) is 1. The first kappa shape index (κ1) is 9.96. The number of hydrogen-bond donors (Lipinski definition) is 2. The molecule has 0 aromatic rings. The molecular weight excluding hydrogens is 150 g/mol. The molecule has 72 valence electrons. The maximum Gasteiger partial charge on any atom is 0.0107 e. The second-order valence-corrected chi connectivity index (χ2v) is 3.64. The molecule has 1 aliphatic heterocycles. The number of rotatable bonds is 5. The smallest absolute Gasteiger partial charge is 0.0107 e. The molecule has 1 saturated heterocycles. The van der Waals surface area contributed by atoms with Gasteiger partial charge >= 0.3 is 0 Å². The lowest BCUT2D eigenvalue weighted by molar-refractivity contribution is 0.323. The fourth-order valence-electron chi connectivity index (χ4n) is 1.86. The molecule has 0 aliphatic carbocycles. The van der Waals surface area contributed by atoms with Crippen molar-refractivity contribution in [3.8, 4) is 0 Å². The second kappa shape index (κ2) is 5.51. The molecule has 0 amide bonds. The van der Waals surface area contributed by atoms with E-state index < -0.39 is 0 Å². The molecule has 1 atom stereocenters. The van der Waals surface area contributed by atoms with Crippen LogP contribution in [0, 0.1) is 5.92 Å². The third-order valence-corrected chi connectivity index (χ3v) is 2.62. The van der Waals surface area contributed by atoms with Gasteiger partial charge in [-0.1, -0.05) is 0 Å². The van der Waals surface area contributed by atoms with Crippen LogP contribution in [-0.4, -0.2) is 44.7 Å². The Hall–Kier alpha value is -0.120. The summed E-state index contributed by atoms with van der Waals surface area (Å²) in [5.74, 6) is 0.867. The number of hydrogen-bond acceptors (Lipinski definition) is 3. The zero-order chi connectivity index (χ0) is 8.81. The zero-order valence-corrected chi connectivity index (χ0v) is 8.05. The van der Waals surface area contributed by atoms with Gasteiger partial charge in [-0.3, -0.25) is 0 Å². The van der Waals surface area contributed by atoms with Crippen molar-refractivity contribution in [2.24, 2.45) is 11.7 Å². The van der Waals surface area contributed by atoms with Gasteiger partial charge in [-0.2, -0.15) is 0 Å². The van der Waals surface area contributed by atoms with Crippen LogP contribution in [0.5, 0.6) is 0 Å². The van der Waals surface area contributed by atoms with E-state index in [9.17, 15) is 0 Å². The number of nitrogens with zero attached hydrogens (tertiary/aromatic N) is 1. The highest BCUT2D eigenvalue weighted by atomic mass is 15.2. The monoisotopic (exact) mass is 171 g/mol. The maximum absolute atomic E-state index is 5.52. The van der Waals surface area contributed by atoms with Gasteiger partial charge in [0.25, 0.3) is 0 Å². The van der Waals surface area contributed by atoms with E-state index in [-0.39, 0.29) is 0 Å². The van der Waals surface area contributed by atoms with Crippen molar-refractivity contribution in [1.82, 2.24) is 10.2 Å². The Morgan fingerprint density at radius 3 is 3.08 bits per heavy atom. The van der Waals surface area contributed by atoms with E-state index in [1.807, 2.05) is 7.05 Å². The third kappa shape index (κ3) is 3.09. The Balaban J connectivity index is 2.08. The van der Waals surface area contributed by atoms with Crippen LogP contribution in [-0.2, 0) is 0 Å². The van der Waals surface area contributed by atoms with Gasteiger partial charge in [-0.25, -0.2) is 0 Å². The molecule has 1 fully saturated rings. The fraction of sp³-hybridized carbons (Fsp3) is 1.00.